The number of urea groups is 1. The predicted octanol–water partition coefficient (Wildman–Crippen LogP) is 4.63. The quantitative estimate of drug-likeness (QED) is 0.581. The Morgan fingerprint density at radius 2 is 1.94 bits per heavy atom. The lowest BCUT2D eigenvalue weighted by atomic mass is 9.81. The normalized spacial score (nSPS) is 18.2. The minimum Gasteiger partial charge on any atom is -0.492 e. The molecule has 0 spiro atoms. The summed E-state index contributed by atoms with van der Waals surface area (Å²) in [5.41, 5.74) is 0.260. The van der Waals surface area contributed by atoms with Crippen LogP contribution in [0.3, 0.4) is 0 Å². The zero-order valence-electron chi connectivity index (χ0n) is 18.4. The summed E-state index contributed by atoms with van der Waals surface area (Å²) in [6, 6.07) is 16.8. The summed E-state index contributed by atoms with van der Waals surface area (Å²) in [5.74, 6) is 2.41. The SMILES string of the molecule is CCOc1ccccc1NC(=O)N1CCCC(C)(c2noc(COc3ccccc3)n2)C1. The lowest BCUT2D eigenvalue weighted by Crippen LogP contribution is -2.49. The van der Waals surface area contributed by atoms with Crippen LogP contribution in [0.25, 0.3) is 0 Å². The summed E-state index contributed by atoms with van der Waals surface area (Å²) < 4.78 is 16.7. The molecule has 1 aliphatic rings. The second-order valence-corrected chi connectivity index (χ2v) is 8.06. The van der Waals surface area contributed by atoms with E-state index in [9.17, 15) is 4.79 Å². The van der Waals surface area contributed by atoms with Gasteiger partial charge in [-0.3, -0.25) is 0 Å². The van der Waals surface area contributed by atoms with Gasteiger partial charge in [0.05, 0.1) is 12.3 Å². The third-order valence-electron chi connectivity index (χ3n) is 5.53. The Balaban J connectivity index is 1.40. The number of ether oxygens (including phenoxy) is 2. The third kappa shape index (κ3) is 5.01. The van der Waals surface area contributed by atoms with Crippen molar-refractivity contribution >= 4 is 11.7 Å². The molecule has 0 saturated carbocycles. The van der Waals surface area contributed by atoms with Crippen LogP contribution in [-0.4, -0.2) is 40.8 Å². The molecule has 1 saturated heterocycles. The van der Waals surface area contributed by atoms with E-state index in [2.05, 4.69) is 22.4 Å². The van der Waals surface area contributed by atoms with Crippen LogP contribution in [0.1, 0.15) is 38.4 Å². The van der Waals surface area contributed by atoms with Crippen molar-refractivity contribution in [2.45, 2.75) is 38.7 Å². The number of amides is 2. The molecule has 2 heterocycles. The van der Waals surface area contributed by atoms with E-state index < -0.39 is 5.41 Å². The van der Waals surface area contributed by atoms with Gasteiger partial charge in [0.1, 0.15) is 11.5 Å². The van der Waals surface area contributed by atoms with Gasteiger partial charge in [0.15, 0.2) is 12.4 Å². The molecule has 1 aromatic heterocycles. The predicted molar refractivity (Wildman–Crippen MR) is 120 cm³/mol. The molecule has 1 aliphatic heterocycles. The van der Waals surface area contributed by atoms with Gasteiger partial charge in [-0.15, -0.1) is 0 Å². The van der Waals surface area contributed by atoms with E-state index >= 15 is 0 Å². The number of likely N-dealkylation sites (tertiary alicyclic amines) is 1. The van der Waals surface area contributed by atoms with Gasteiger partial charge in [0.25, 0.3) is 5.89 Å². The molecule has 2 aromatic carbocycles. The molecule has 8 heteroatoms. The van der Waals surface area contributed by atoms with Crippen LogP contribution >= 0.6 is 0 Å². The number of hydrogen-bond donors (Lipinski definition) is 1. The second kappa shape index (κ2) is 9.72. The second-order valence-electron chi connectivity index (χ2n) is 8.06. The average Bonchev–Trinajstić information content (AvgIpc) is 3.30. The minimum atomic E-state index is -0.399. The maximum atomic E-state index is 13.0. The molecule has 3 aromatic rings. The molecule has 1 unspecified atom stereocenters. The monoisotopic (exact) mass is 436 g/mol. The Hall–Kier alpha value is -3.55. The lowest BCUT2D eigenvalue weighted by Gasteiger charge is -2.38. The van der Waals surface area contributed by atoms with E-state index in [0.717, 1.165) is 18.6 Å². The van der Waals surface area contributed by atoms with Crippen molar-refractivity contribution < 1.29 is 18.8 Å². The Labute approximate surface area is 187 Å². The Bertz CT molecular complexity index is 1040. The first-order valence-corrected chi connectivity index (χ1v) is 10.9. The van der Waals surface area contributed by atoms with Gasteiger partial charge < -0.3 is 24.2 Å². The Morgan fingerprint density at radius 3 is 2.75 bits per heavy atom. The number of benzene rings is 2. The van der Waals surface area contributed by atoms with Gasteiger partial charge in [0.2, 0.25) is 0 Å². The first kappa shape index (κ1) is 21.7. The van der Waals surface area contributed by atoms with Gasteiger partial charge in [-0.05, 0) is 44.0 Å². The molecular formula is C24H28N4O4. The summed E-state index contributed by atoms with van der Waals surface area (Å²) in [7, 11) is 0. The Morgan fingerprint density at radius 1 is 1.16 bits per heavy atom. The van der Waals surface area contributed by atoms with Crippen molar-refractivity contribution in [3.8, 4) is 11.5 Å². The van der Waals surface area contributed by atoms with E-state index in [4.69, 9.17) is 14.0 Å². The highest BCUT2D eigenvalue weighted by Gasteiger charge is 2.38. The number of para-hydroxylation sites is 3. The Kier molecular flexibility index (Phi) is 6.58. The highest BCUT2D eigenvalue weighted by atomic mass is 16.5. The molecule has 1 atom stereocenters. The minimum absolute atomic E-state index is 0.167. The lowest BCUT2D eigenvalue weighted by molar-refractivity contribution is 0.161. The maximum Gasteiger partial charge on any atom is 0.321 e. The van der Waals surface area contributed by atoms with Crippen molar-refractivity contribution in [2.75, 3.05) is 25.0 Å². The molecule has 168 valence electrons. The fraction of sp³-hybridized carbons (Fsp3) is 0.375. The summed E-state index contributed by atoms with van der Waals surface area (Å²) >= 11 is 0. The van der Waals surface area contributed by atoms with E-state index in [1.54, 1.807) is 4.90 Å². The number of nitrogens with zero attached hydrogens (tertiary/aromatic N) is 3. The fourth-order valence-corrected chi connectivity index (χ4v) is 3.86. The highest BCUT2D eigenvalue weighted by molar-refractivity contribution is 5.91. The van der Waals surface area contributed by atoms with Crippen LogP contribution in [0.5, 0.6) is 11.5 Å². The van der Waals surface area contributed by atoms with E-state index in [-0.39, 0.29) is 12.6 Å². The van der Waals surface area contributed by atoms with Crippen LogP contribution in [0.15, 0.2) is 59.1 Å². The molecule has 1 N–H and O–H groups in total. The van der Waals surface area contributed by atoms with E-state index in [0.29, 0.717) is 42.8 Å². The largest absolute Gasteiger partial charge is 0.492 e. The summed E-state index contributed by atoms with van der Waals surface area (Å²) in [6.45, 7) is 5.87. The third-order valence-corrected chi connectivity index (χ3v) is 5.53. The first-order chi connectivity index (χ1) is 15.6. The zero-order chi connectivity index (χ0) is 22.4. The molecule has 4 rings (SSSR count). The molecular weight excluding hydrogens is 408 g/mol. The van der Waals surface area contributed by atoms with Crippen LogP contribution < -0.4 is 14.8 Å². The zero-order valence-corrected chi connectivity index (χ0v) is 18.4. The van der Waals surface area contributed by atoms with Gasteiger partial charge >= 0.3 is 6.03 Å². The molecule has 2 amide bonds. The number of aromatic nitrogens is 2. The maximum absolute atomic E-state index is 13.0. The topological polar surface area (TPSA) is 89.7 Å². The fourth-order valence-electron chi connectivity index (χ4n) is 3.86. The number of anilines is 1. The van der Waals surface area contributed by atoms with Gasteiger partial charge in [0, 0.05) is 18.5 Å². The smallest absolute Gasteiger partial charge is 0.321 e. The van der Waals surface area contributed by atoms with Gasteiger partial charge in [-0.25, -0.2) is 4.79 Å². The number of carbonyl (C=O) groups is 1. The molecule has 32 heavy (non-hydrogen) atoms. The first-order valence-electron chi connectivity index (χ1n) is 10.9. The van der Waals surface area contributed by atoms with E-state index in [1.165, 1.54) is 0 Å². The van der Waals surface area contributed by atoms with Crippen molar-refractivity contribution in [1.82, 2.24) is 15.0 Å². The van der Waals surface area contributed by atoms with Crippen LogP contribution in [0.4, 0.5) is 10.5 Å². The standard InChI is InChI=1S/C24H28N4O4/c1-3-30-20-13-8-7-12-19(20)25-23(29)28-15-9-14-24(2,17-28)22-26-21(32-27-22)16-31-18-10-5-4-6-11-18/h4-8,10-13H,3,9,14-17H2,1-2H3,(H,25,29). The highest BCUT2D eigenvalue weighted by Crippen LogP contribution is 2.33. The summed E-state index contributed by atoms with van der Waals surface area (Å²) in [4.78, 5) is 19.3. The molecule has 8 nitrogen and oxygen atoms in total. The molecule has 0 radical (unpaired) electrons. The van der Waals surface area contributed by atoms with E-state index in [1.807, 2.05) is 61.5 Å². The number of piperidine rings is 1. The van der Waals surface area contributed by atoms with Crippen LogP contribution in [0, 0.1) is 0 Å². The summed E-state index contributed by atoms with van der Waals surface area (Å²) in [6.07, 6.45) is 1.71. The van der Waals surface area contributed by atoms with Crippen molar-refractivity contribution in [3.05, 3.63) is 66.3 Å². The number of nitrogens with one attached hydrogen (secondary N) is 1. The van der Waals surface area contributed by atoms with Crippen LogP contribution in [-0.2, 0) is 12.0 Å². The van der Waals surface area contributed by atoms with Crippen molar-refractivity contribution in [2.24, 2.45) is 0 Å². The van der Waals surface area contributed by atoms with Crippen molar-refractivity contribution in [3.63, 3.8) is 0 Å². The van der Waals surface area contributed by atoms with Gasteiger partial charge in [-0.2, -0.15) is 4.98 Å². The molecule has 1 fully saturated rings. The van der Waals surface area contributed by atoms with Crippen molar-refractivity contribution in [1.29, 1.82) is 0 Å². The number of rotatable bonds is 7. The number of hydrogen-bond acceptors (Lipinski definition) is 6. The number of carbonyl (C=O) groups excluding carboxylic acids is 1. The average molecular weight is 437 g/mol. The summed E-state index contributed by atoms with van der Waals surface area (Å²) in [5, 5.41) is 7.17. The van der Waals surface area contributed by atoms with Crippen LogP contribution in [0.2, 0.25) is 0 Å². The van der Waals surface area contributed by atoms with Gasteiger partial charge in [-0.1, -0.05) is 42.4 Å². The molecule has 0 aliphatic carbocycles. The molecule has 0 bridgehead atoms.